The number of nitrogens with zero attached hydrogens (tertiary/aromatic N) is 5. The molecule has 3 heterocycles. The molecule has 0 fully saturated rings. The number of pyridine rings is 1. The zero-order chi connectivity index (χ0) is 21.4. The number of hydrogen-bond donors (Lipinski definition) is 2. The van der Waals surface area contributed by atoms with Crippen LogP contribution >= 0.6 is 0 Å². The number of anilines is 3. The molecule has 0 spiro atoms. The van der Waals surface area contributed by atoms with E-state index in [4.69, 9.17) is 10.5 Å². The van der Waals surface area contributed by atoms with Crippen LogP contribution in [0.3, 0.4) is 0 Å². The molecular weight excluding hydrogens is 392 g/mol. The Morgan fingerprint density at radius 3 is 2.67 bits per heavy atom. The number of aryl methyl sites for hydroxylation is 1. The number of nitrogens with one attached hydrogen (secondary N) is 1. The second-order valence-electron chi connectivity index (χ2n) is 6.80. The summed E-state index contributed by atoms with van der Waals surface area (Å²) in [6.07, 6.45) is 4.39. The van der Waals surface area contributed by atoms with Crippen molar-refractivity contribution in [1.29, 1.82) is 0 Å². The maximum Gasteiger partial charge on any atom is 0.222 e. The van der Waals surface area contributed by atoms with Crippen molar-refractivity contribution >= 4 is 28.5 Å². The summed E-state index contributed by atoms with van der Waals surface area (Å²) in [5.74, 6) is -0.613. The van der Waals surface area contributed by atoms with Gasteiger partial charge < -0.3 is 20.4 Å². The highest BCUT2D eigenvalue weighted by Crippen LogP contribution is 2.40. The first kappa shape index (κ1) is 19.5. The molecule has 0 aliphatic rings. The van der Waals surface area contributed by atoms with E-state index in [-0.39, 0.29) is 11.6 Å². The van der Waals surface area contributed by atoms with E-state index < -0.39 is 17.6 Å². The number of imidazole rings is 1. The summed E-state index contributed by atoms with van der Waals surface area (Å²) in [7, 11) is 3.35. The molecule has 3 aromatic heterocycles. The normalized spacial score (nSPS) is 12.2. The number of halogens is 2. The van der Waals surface area contributed by atoms with Gasteiger partial charge in [-0.15, -0.1) is 0 Å². The van der Waals surface area contributed by atoms with Crippen LogP contribution in [0.4, 0.5) is 26.4 Å². The van der Waals surface area contributed by atoms with Gasteiger partial charge >= 0.3 is 0 Å². The minimum absolute atomic E-state index is 0.0655. The Morgan fingerprint density at radius 1 is 1.20 bits per heavy atom. The van der Waals surface area contributed by atoms with Gasteiger partial charge in [0.25, 0.3) is 0 Å². The predicted molar refractivity (Wildman–Crippen MR) is 109 cm³/mol. The number of benzene rings is 1. The van der Waals surface area contributed by atoms with Crippen molar-refractivity contribution in [1.82, 2.24) is 24.5 Å². The lowest BCUT2D eigenvalue weighted by Gasteiger charge is -2.20. The van der Waals surface area contributed by atoms with Gasteiger partial charge in [-0.25, -0.2) is 18.7 Å². The van der Waals surface area contributed by atoms with Gasteiger partial charge in [0.15, 0.2) is 0 Å². The van der Waals surface area contributed by atoms with E-state index in [1.54, 1.807) is 36.1 Å². The van der Waals surface area contributed by atoms with E-state index in [9.17, 15) is 8.78 Å². The largest absolute Gasteiger partial charge is 0.496 e. The molecule has 1 aromatic carbocycles. The Labute approximate surface area is 170 Å². The fraction of sp³-hybridized carbons (Fsp3) is 0.200. The average molecular weight is 411 g/mol. The monoisotopic (exact) mass is 411 g/mol. The van der Waals surface area contributed by atoms with Gasteiger partial charge in [0.2, 0.25) is 5.95 Å². The lowest BCUT2D eigenvalue weighted by atomic mass is 9.92. The number of nitrogen functional groups attached to an aromatic ring is 1. The molecular formula is C20H19F2N7O. The van der Waals surface area contributed by atoms with Gasteiger partial charge in [-0.1, -0.05) is 6.92 Å². The first-order chi connectivity index (χ1) is 14.4. The molecule has 3 N–H and O–H groups in total. The summed E-state index contributed by atoms with van der Waals surface area (Å²) in [6.45, 7) is 1.75. The van der Waals surface area contributed by atoms with Crippen molar-refractivity contribution in [2.24, 2.45) is 7.05 Å². The number of methoxy groups -OCH3 is 1. The number of ether oxygens (including phenoxy) is 1. The third-order valence-electron chi connectivity index (χ3n) is 4.73. The molecule has 0 saturated carbocycles. The van der Waals surface area contributed by atoms with Gasteiger partial charge in [0, 0.05) is 30.8 Å². The number of aromatic nitrogens is 5. The molecule has 30 heavy (non-hydrogen) atoms. The smallest absolute Gasteiger partial charge is 0.222 e. The molecule has 8 nitrogen and oxygen atoms in total. The minimum atomic E-state index is -0.753. The van der Waals surface area contributed by atoms with Gasteiger partial charge in [-0.05, 0) is 12.1 Å². The first-order valence-electron chi connectivity index (χ1n) is 9.07. The lowest BCUT2D eigenvalue weighted by molar-refractivity contribution is 0.408. The summed E-state index contributed by atoms with van der Waals surface area (Å²) >= 11 is 0. The average Bonchev–Trinajstić information content (AvgIpc) is 3.11. The number of rotatable bonds is 5. The summed E-state index contributed by atoms with van der Waals surface area (Å²) < 4.78 is 35.2. The second kappa shape index (κ2) is 7.54. The van der Waals surface area contributed by atoms with Crippen LogP contribution in [0.1, 0.15) is 24.1 Å². The molecule has 0 bridgehead atoms. The summed E-state index contributed by atoms with van der Waals surface area (Å²) in [5.41, 5.74) is 7.09. The molecule has 0 unspecified atom stereocenters. The Bertz CT molecular complexity index is 1240. The number of fused-ring (bicyclic) bond motifs is 1. The number of hydrogen-bond acceptors (Lipinski definition) is 7. The van der Waals surface area contributed by atoms with Crippen molar-refractivity contribution < 1.29 is 13.5 Å². The highest BCUT2D eigenvalue weighted by Gasteiger charge is 2.25. The SMILES string of the molecule is COc1ccc2nc(N)nc(Nc3cn(C)cn3)c2c1[C@H](C)c1ncc(F)cc1F. The van der Waals surface area contributed by atoms with Crippen LogP contribution < -0.4 is 15.8 Å². The highest BCUT2D eigenvalue weighted by molar-refractivity contribution is 5.96. The summed E-state index contributed by atoms with van der Waals surface area (Å²) in [6, 6.07) is 4.25. The molecule has 4 aromatic rings. The molecule has 0 amide bonds. The van der Waals surface area contributed by atoms with E-state index in [2.05, 4.69) is 25.3 Å². The molecule has 1 atom stereocenters. The Kier molecular flexibility index (Phi) is 4.90. The Morgan fingerprint density at radius 2 is 2.00 bits per heavy atom. The minimum Gasteiger partial charge on any atom is -0.496 e. The van der Waals surface area contributed by atoms with Gasteiger partial charge in [-0.3, -0.25) is 4.98 Å². The lowest BCUT2D eigenvalue weighted by Crippen LogP contribution is -2.09. The van der Waals surface area contributed by atoms with Gasteiger partial charge in [0.1, 0.15) is 29.0 Å². The van der Waals surface area contributed by atoms with Crippen molar-refractivity contribution in [3.8, 4) is 5.75 Å². The fourth-order valence-corrected chi connectivity index (χ4v) is 3.43. The molecule has 0 saturated heterocycles. The van der Waals surface area contributed by atoms with Crippen LogP contribution in [0.25, 0.3) is 10.9 Å². The quantitative estimate of drug-likeness (QED) is 0.518. The van der Waals surface area contributed by atoms with Crippen LogP contribution in [0.2, 0.25) is 0 Å². The molecule has 0 aliphatic heterocycles. The predicted octanol–water partition coefficient (Wildman–Crippen LogP) is 3.52. The van der Waals surface area contributed by atoms with E-state index in [0.717, 1.165) is 12.3 Å². The summed E-state index contributed by atoms with van der Waals surface area (Å²) in [4.78, 5) is 16.9. The van der Waals surface area contributed by atoms with Crippen molar-refractivity contribution in [2.75, 3.05) is 18.2 Å². The van der Waals surface area contributed by atoms with E-state index >= 15 is 0 Å². The third kappa shape index (κ3) is 3.47. The Hall–Kier alpha value is -3.82. The number of nitrogens with two attached hydrogens (primary N) is 1. The topological polar surface area (TPSA) is 104 Å². The van der Waals surface area contributed by atoms with Crippen LogP contribution in [-0.2, 0) is 7.05 Å². The fourth-order valence-electron chi connectivity index (χ4n) is 3.43. The van der Waals surface area contributed by atoms with Gasteiger partial charge in [0.05, 0.1) is 36.2 Å². The Balaban J connectivity index is 1.96. The van der Waals surface area contributed by atoms with Crippen LogP contribution in [0, 0.1) is 11.6 Å². The maximum absolute atomic E-state index is 14.5. The maximum atomic E-state index is 14.5. The zero-order valence-corrected chi connectivity index (χ0v) is 16.5. The van der Waals surface area contributed by atoms with E-state index in [1.165, 1.54) is 7.11 Å². The molecule has 0 aliphatic carbocycles. The second-order valence-corrected chi connectivity index (χ2v) is 6.80. The van der Waals surface area contributed by atoms with E-state index in [0.29, 0.717) is 33.9 Å². The highest BCUT2D eigenvalue weighted by atomic mass is 19.1. The standard InChI is InChI=1S/C20H19F2N7O/c1-10(18-12(22)6-11(21)7-24-18)16-14(30-3)5-4-13-17(16)19(28-20(23)26-13)27-15-8-29(2)9-25-15/h4-10H,1-3H3,(H3,23,26,27,28)/t10-/m0/s1. The zero-order valence-electron chi connectivity index (χ0n) is 16.5. The molecule has 10 heteroatoms. The van der Waals surface area contributed by atoms with Crippen LogP contribution in [0.5, 0.6) is 5.75 Å². The van der Waals surface area contributed by atoms with Crippen molar-refractivity contribution in [3.05, 3.63) is 59.8 Å². The van der Waals surface area contributed by atoms with Crippen molar-refractivity contribution in [3.63, 3.8) is 0 Å². The van der Waals surface area contributed by atoms with Gasteiger partial charge in [-0.2, -0.15) is 4.98 Å². The molecule has 154 valence electrons. The van der Waals surface area contributed by atoms with Crippen molar-refractivity contribution in [2.45, 2.75) is 12.8 Å². The summed E-state index contributed by atoms with van der Waals surface area (Å²) in [5, 5.41) is 3.71. The molecule has 0 radical (unpaired) electrons. The molecule has 4 rings (SSSR count). The van der Waals surface area contributed by atoms with Crippen LogP contribution in [-0.4, -0.2) is 31.6 Å². The van der Waals surface area contributed by atoms with E-state index in [1.807, 2.05) is 7.05 Å². The van der Waals surface area contributed by atoms with Crippen LogP contribution in [0.15, 0.2) is 36.9 Å². The first-order valence-corrected chi connectivity index (χ1v) is 9.07. The third-order valence-corrected chi connectivity index (χ3v) is 4.73.